The molecule has 3 nitrogen and oxygen atoms in total. The molecule has 0 fully saturated rings. The predicted molar refractivity (Wildman–Crippen MR) is 140 cm³/mol. The van der Waals surface area contributed by atoms with Gasteiger partial charge in [-0.15, -0.1) is 0 Å². The standard InChI is InChI=1S/C29H42NO2P/c1-28(2)23-17-10-8-6-4-5-7-9-11-18-24-29(3)26-21-15-16-22-27(26)32-33(28,30-29)31-25-19-13-12-14-20-25/h12-16,19-22H,4-11,17-18,23-24H2,1-3H3. The maximum Gasteiger partial charge on any atom is 0.320 e. The Balaban J connectivity index is 1.78. The molecule has 2 aromatic carbocycles. The van der Waals surface area contributed by atoms with Crippen molar-refractivity contribution in [1.82, 2.24) is 0 Å². The van der Waals surface area contributed by atoms with Crippen molar-refractivity contribution in [2.24, 2.45) is 4.74 Å². The second-order valence-corrected chi connectivity index (χ2v) is 13.6. The molecular formula is C29H42NO2P. The van der Waals surface area contributed by atoms with Crippen LogP contribution in [-0.2, 0) is 5.54 Å². The topological polar surface area (TPSA) is 30.8 Å². The lowest BCUT2D eigenvalue weighted by Crippen LogP contribution is -2.33. The van der Waals surface area contributed by atoms with Crippen LogP contribution >= 0.6 is 7.51 Å². The smallest absolute Gasteiger partial charge is 0.320 e. The van der Waals surface area contributed by atoms with Gasteiger partial charge in [0.05, 0.1) is 10.7 Å². The summed E-state index contributed by atoms with van der Waals surface area (Å²) in [6.07, 6.45) is 15.3. The minimum Gasteiger partial charge on any atom is -0.430 e. The van der Waals surface area contributed by atoms with Gasteiger partial charge in [-0.05, 0) is 51.8 Å². The highest BCUT2D eigenvalue weighted by Gasteiger charge is 2.49. The van der Waals surface area contributed by atoms with E-state index in [0.717, 1.165) is 24.3 Å². The summed E-state index contributed by atoms with van der Waals surface area (Å²) < 4.78 is 19.4. The second kappa shape index (κ2) is 10.7. The van der Waals surface area contributed by atoms with Crippen LogP contribution in [0.4, 0.5) is 0 Å². The zero-order valence-corrected chi connectivity index (χ0v) is 21.8. The third-order valence-corrected chi connectivity index (χ3v) is 10.8. The van der Waals surface area contributed by atoms with E-state index in [1.807, 2.05) is 30.3 Å². The Morgan fingerprint density at radius 1 is 0.697 bits per heavy atom. The fourth-order valence-electron chi connectivity index (χ4n) is 5.30. The van der Waals surface area contributed by atoms with Gasteiger partial charge in [0.25, 0.3) is 0 Å². The molecule has 0 amide bonds. The summed E-state index contributed by atoms with van der Waals surface area (Å²) in [4.78, 5) is 0. The lowest BCUT2D eigenvalue weighted by molar-refractivity contribution is 0.343. The van der Waals surface area contributed by atoms with E-state index in [1.165, 1.54) is 69.8 Å². The van der Waals surface area contributed by atoms with E-state index in [0.29, 0.717) is 0 Å². The van der Waals surface area contributed by atoms with Crippen molar-refractivity contribution in [1.29, 1.82) is 0 Å². The lowest BCUT2D eigenvalue weighted by atomic mass is 9.87. The average molecular weight is 468 g/mol. The first kappa shape index (κ1) is 24.4. The fourth-order valence-corrected chi connectivity index (χ4v) is 8.25. The first-order valence-electron chi connectivity index (χ1n) is 13.1. The Labute approximate surface area is 201 Å². The van der Waals surface area contributed by atoms with Crippen LogP contribution in [0.3, 0.4) is 0 Å². The Hall–Kier alpha value is -1.73. The normalized spacial score (nSPS) is 28.6. The van der Waals surface area contributed by atoms with Gasteiger partial charge >= 0.3 is 7.51 Å². The monoisotopic (exact) mass is 467 g/mol. The summed E-state index contributed by atoms with van der Waals surface area (Å²) in [7, 11) is -2.63. The number of benzene rings is 2. The molecule has 0 aliphatic carbocycles. The summed E-state index contributed by atoms with van der Waals surface area (Å²) in [5, 5.41) is -0.172. The van der Waals surface area contributed by atoms with Gasteiger partial charge in [0.1, 0.15) is 11.5 Å². The minimum absolute atomic E-state index is 0.172. The first-order chi connectivity index (χ1) is 15.9. The van der Waals surface area contributed by atoms with Crippen LogP contribution in [-0.4, -0.2) is 5.16 Å². The molecule has 4 heteroatoms. The number of fused-ring (bicyclic) bond motifs is 3. The number of hydrogen-bond donors (Lipinski definition) is 0. The van der Waals surface area contributed by atoms with Crippen molar-refractivity contribution in [2.75, 3.05) is 0 Å². The fraction of sp³-hybridized carbons (Fsp3) is 0.586. The van der Waals surface area contributed by atoms with Crippen LogP contribution < -0.4 is 9.05 Å². The van der Waals surface area contributed by atoms with Gasteiger partial charge in [-0.1, -0.05) is 101 Å². The van der Waals surface area contributed by atoms with E-state index >= 15 is 0 Å². The zero-order chi connectivity index (χ0) is 23.2. The van der Waals surface area contributed by atoms with Crippen molar-refractivity contribution >= 4 is 7.51 Å². The molecule has 0 N–H and O–H groups in total. The Kier molecular flexibility index (Phi) is 7.90. The summed E-state index contributed by atoms with van der Waals surface area (Å²) in [5.41, 5.74) is 0.931. The molecule has 0 saturated heterocycles. The van der Waals surface area contributed by atoms with Gasteiger partial charge in [0, 0.05) is 5.56 Å². The van der Waals surface area contributed by atoms with E-state index < -0.39 is 7.51 Å². The van der Waals surface area contributed by atoms with E-state index in [1.54, 1.807) is 0 Å². The van der Waals surface area contributed by atoms with Crippen LogP contribution in [0.2, 0.25) is 0 Å². The summed E-state index contributed by atoms with van der Waals surface area (Å²) in [6.45, 7) is 6.96. The van der Waals surface area contributed by atoms with Gasteiger partial charge in [-0.2, -0.15) is 0 Å². The molecular weight excluding hydrogens is 425 g/mol. The number of rotatable bonds is 2. The molecule has 2 atom stereocenters. The number of para-hydroxylation sites is 2. The SMILES string of the molecule is CC12CCCCCCCCCCCCC(C)(C)P(Oc3ccccc3)(=N1)Oc1ccccc12. The third kappa shape index (κ3) is 5.68. The molecule has 2 aliphatic rings. The summed E-state index contributed by atoms with van der Waals surface area (Å²) >= 11 is 0. The van der Waals surface area contributed by atoms with Crippen molar-refractivity contribution in [3.8, 4) is 11.5 Å². The lowest BCUT2D eigenvalue weighted by Gasteiger charge is -2.45. The number of hydrogen-bond acceptors (Lipinski definition) is 3. The van der Waals surface area contributed by atoms with E-state index in [4.69, 9.17) is 13.8 Å². The van der Waals surface area contributed by atoms with Crippen molar-refractivity contribution in [2.45, 2.75) is 109 Å². The molecule has 4 rings (SSSR count). The highest BCUT2D eigenvalue weighted by Crippen LogP contribution is 2.68. The Bertz CT molecular complexity index is 955. The summed E-state index contributed by atoms with van der Waals surface area (Å²) in [5.74, 6) is 1.83. The van der Waals surface area contributed by atoms with Crippen LogP contribution in [0.5, 0.6) is 11.5 Å². The van der Waals surface area contributed by atoms with Gasteiger partial charge in [0.2, 0.25) is 0 Å². The van der Waals surface area contributed by atoms with E-state index in [-0.39, 0.29) is 10.7 Å². The molecule has 180 valence electrons. The summed E-state index contributed by atoms with van der Waals surface area (Å²) in [6, 6.07) is 18.7. The third-order valence-electron chi connectivity index (χ3n) is 7.48. The highest BCUT2D eigenvalue weighted by atomic mass is 31.2. The zero-order valence-electron chi connectivity index (χ0n) is 20.9. The molecule has 33 heavy (non-hydrogen) atoms. The van der Waals surface area contributed by atoms with Gasteiger partial charge < -0.3 is 9.05 Å². The number of nitrogens with zero attached hydrogens (tertiary/aromatic N) is 1. The van der Waals surface area contributed by atoms with Gasteiger partial charge in [0.15, 0.2) is 0 Å². The quantitative estimate of drug-likeness (QED) is 0.411. The van der Waals surface area contributed by atoms with Crippen LogP contribution in [0.15, 0.2) is 59.3 Å². The van der Waals surface area contributed by atoms with Gasteiger partial charge in [-0.25, -0.2) is 4.74 Å². The van der Waals surface area contributed by atoms with Gasteiger partial charge in [-0.3, -0.25) is 0 Å². The Morgan fingerprint density at radius 3 is 1.91 bits per heavy atom. The molecule has 2 aromatic rings. The maximum absolute atomic E-state index is 6.90. The van der Waals surface area contributed by atoms with Crippen LogP contribution in [0, 0.1) is 0 Å². The van der Waals surface area contributed by atoms with E-state index in [2.05, 4.69) is 45.0 Å². The highest BCUT2D eigenvalue weighted by molar-refractivity contribution is 7.59. The Morgan fingerprint density at radius 2 is 1.24 bits per heavy atom. The van der Waals surface area contributed by atoms with E-state index in [9.17, 15) is 0 Å². The van der Waals surface area contributed by atoms with Crippen molar-refractivity contribution < 1.29 is 9.05 Å². The molecule has 2 unspecified atom stereocenters. The predicted octanol–water partition coefficient (Wildman–Crippen LogP) is 9.88. The maximum atomic E-state index is 6.90. The molecule has 2 aliphatic heterocycles. The molecule has 0 saturated carbocycles. The average Bonchev–Trinajstić information content (AvgIpc) is 2.80. The van der Waals surface area contributed by atoms with Crippen LogP contribution in [0.1, 0.15) is 103 Å². The first-order valence-corrected chi connectivity index (χ1v) is 14.7. The minimum atomic E-state index is -2.63. The van der Waals surface area contributed by atoms with Crippen LogP contribution in [0.25, 0.3) is 0 Å². The largest absolute Gasteiger partial charge is 0.430 e. The molecule has 2 heterocycles. The molecule has 2 bridgehead atoms. The molecule has 0 spiro atoms. The van der Waals surface area contributed by atoms with Crippen molar-refractivity contribution in [3.63, 3.8) is 0 Å². The van der Waals surface area contributed by atoms with Crippen molar-refractivity contribution in [3.05, 3.63) is 60.2 Å². The molecule has 0 aromatic heterocycles. The molecule has 0 radical (unpaired) electrons. The second-order valence-electron chi connectivity index (χ2n) is 10.7.